The number of amides is 4. The number of carbonyl (C=O) groups is 4. The standard InChI is InChI=1S/C27H35ClN4O5/c1-7-32(25(35)20(15-21(29)33)30-26(36)37-27(4,5)6)23(18-13-9-8-11-16(18)2)24(34)31-22-17(3)12-10-14-19(22)28/h8-14,20,23H,7,15H2,1-6H3,(H2,29,33)(H,30,36)(H,31,34). The van der Waals surface area contributed by atoms with Gasteiger partial charge in [0.1, 0.15) is 17.7 Å². The molecule has 2 rings (SSSR count). The molecule has 2 aromatic rings. The molecule has 0 heterocycles. The Kier molecular flexibility index (Phi) is 10.1. The van der Waals surface area contributed by atoms with Crippen molar-refractivity contribution >= 4 is 41.1 Å². The monoisotopic (exact) mass is 530 g/mol. The first-order chi connectivity index (χ1) is 17.2. The van der Waals surface area contributed by atoms with Crippen LogP contribution >= 0.6 is 11.6 Å². The minimum absolute atomic E-state index is 0.0953. The molecule has 4 N–H and O–H groups in total. The van der Waals surface area contributed by atoms with Gasteiger partial charge in [0.05, 0.1) is 17.1 Å². The van der Waals surface area contributed by atoms with Crippen LogP contribution < -0.4 is 16.4 Å². The highest BCUT2D eigenvalue weighted by molar-refractivity contribution is 6.34. The highest BCUT2D eigenvalue weighted by Crippen LogP contribution is 2.30. The van der Waals surface area contributed by atoms with Gasteiger partial charge in [0, 0.05) is 6.54 Å². The van der Waals surface area contributed by atoms with Crippen LogP contribution in [-0.4, -0.2) is 46.9 Å². The molecule has 0 radical (unpaired) electrons. The fraction of sp³-hybridized carbons (Fsp3) is 0.407. The number of hydrogen-bond donors (Lipinski definition) is 3. The third-order valence-corrected chi connectivity index (χ3v) is 5.85. The maximum atomic E-state index is 13.8. The summed E-state index contributed by atoms with van der Waals surface area (Å²) in [6, 6.07) is 9.97. The van der Waals surface area contributed by atoms with Gasteiger partial charge in [-0.25, -0.2) is 4.79 Å². The zero-order valence-electron chi connectivity index (χ0n) is 22.1. The molecular weight excluding hydrogens is 496 g/mol. The Labute approximate surface area is 222 Å². The molecule has 2 unspecified atom stereocenters. The fourth-order valence-electron chi connectivity index (χ4n) is 3.84. The Morgan fingerprint density at radius 3 is 2.19 bits per heavy atom. The Morgan fingerprint density at radius 2 is 1.65 bits per heavy atom. The van der Waals surface area contributed by atoms with Crippen molar-refractivity contribution in [2.24, 2.45) is 5.73 Å². The van der Waals surface area contributed by atoms with Crippen LogP contribution in [0, 0.1) is 13.8 Å². The van der Waals surface area contributed by atoms with E-state index in [4.69, 9.17) is 22.1 Å². The normalized spacial score (nSPS) is 12.7. The molecule has 0 saturated heterocycles. The first kappa shape index (κ1) is 29.6. The topological polar surface area (TPSA) is 131 Å². The van der Waals surface area contributed by atoms with E-state index in [1.54, 1.807) is 65.0 Å². The van der Waals surface area contributed by atoms with Crippen molar-refractivity contribution in [3.05, 3.63) is 64.2 Å². The number of nitrogens with zero attached hydrogens (tertiary/aromatic N) is 1. The number of halogens is 1. The number of ether oxygens (including phenoxy) is 1. The molecule has 37 heavy (non-hydrogen) atoms. The molecule has 0 bridgehead atoms. The van der Waals surface area contributed by atoms with Crippen LogP contribution in [0.4, 0.5) is 10.5 Å². The maximum Gasteiger partial charge on any atom is 0.408 e. The van der Waals surface area contributed by atoms with Gasteiger partial charge in [0.25, 0.3) is 5.91 Å². The molecule has 0 fully saturated rings. The Balaban J connectivity index is 2.51. The van der Waals surface area contributed by atoms with E-state index in [1.165, 1.54) is 4.90 Å². The predicted molar refractivity (Wildman–Crippen MR) is 143 cm³/mol. The van der Waals surface area contributed by atoms with Crippen molar-refractivity contribution in [2.45, 2.75) is 65.6 Å². The maximum absolute atomic E-state index is 13.8. The van der Waals surface area contributed by atoms with Crippen LogP contribution in [-0.2, 0) is 19.1 Å². The van der Waals surface area contributed by atoms with E-state index in [1.807, 2.05) is 19.1 Å². The highest BCUT2D eigenvalue weighted by Gasteiger charge is 2.37. The molecule has 2 aromatic carbocycles. The molecule has 200 valence electrons. The van der Waals surface area contributed by atoms with Crippen LogP contribution in [0.25, 0.3) is 0 Å². The van der Waals surface area contributed by atoms with Gasteiger partial charge in [-0.1, -0.05) is 48.0 Å². The number of rotatable bonds is 9. The Bertz CT molecular complexity index is 1140. The largest absolute Gasteiger partial charge is 0.444 e. The number of nitrogens with one attached hydrogen (secondary N) is 2. The molecule has 10 heteroatoms. The van der Waals surface area contributed by atoms with Gasteiger partial charge in [-0.05, 0) is 64.3 Å². The minimum atomic E-state index is -1.34. The van der Waals surface area contributed by atoms with Crippen LogP contribution in [0.15, 0.2) is 42.5 Å². The number of carbonyl (C=O) groups excluding carboxylic acids is 4. The van der Waals surface area contributed by atoms with Crippen LogP contribution in [0.2, 0.25) is 5.02 Å². The quantitative estimate of drug-likeness (QED) is 0.446. The van der Waals surface area contributed by atoms with E-state index in [2.05, 4.69) is 10.6 Å². The van der Waals surface area contributed by atoms with Gasteiger partial charge in [-0.3, -0.25) is 14.4 Å². The summed E-state index contributed by atoms with van der Waals surface area (Å²) in [7, 11) is 0. The number of nitrogens with two attached hydrogens (primary N) is 1. The molecule has 0 aliphatic rings. The summed E-state index contributed by atoms with van der Waals surface area (Å²) in [4.78, 5) is 53.1. The van der Waals surface area contributed by atoms with E-state index < -0.39 is 47.9 Å². The number of alkyl carbamates (subject to hydrolysis) is 1. The molecule has 0 aliphatic carbocycles. The van der Waals surface area contributed by atoms with Crippen LogP contribution in [0.1, 0.15) is 56.8 Å². The van der Waals surface area contributed by atoms with Gasteiger partial charge in [0.15, 0.2) is 0 Å². The van der Waals surface area contributed by atoms with Gasteiger partial charge in [-0.15, -0.1) is 0 Å². The molecule has 2 atom stereocenters. The summed E-state index contributed by atoms with van der Waals surface area (Å²) in [6.45, 7) is 10.4. The summed E-state index contributed by atoms with van der Waals surface area (Å²) in [6.07, 6.45) is -1.35. The lowest BCUT2D eigenvalue weighted by molar-refractivity contribution is -0.141. The summed E-state index contributed by atoms with van der Waals surface area (Å²) < 4.78 is 5.26. The third-order valence-electron chi connectivity index (χ3n) is 5.53. The lowest BCUT2D eigenvalue weighted by Crippen LogP contribution is -2.53. The summed E-state index contributed by atoms with van der Waals surface area (Å²) >= 11 is 6.34. The zero-order valence-corrected chi connectivity index (χ0v) is 22.8. The molecule has 0 saturated carbocycles. The van der Waals surface area contributed by atoms with Gasteiger partial charge in [-0.2, -0.15) is 0 Å². The number of likely N-dealkylation sites (N-methyl/N-ethyl adjacent to an activating group) is 1. The molecule has 4 amide bonds. The van der Waals surface area contributed by atoms with E-state index in [0.717, 1.165) is 11.1 Å². The van der Waals surface area contributed by atoms with Crippen molar-refractivity contribution in [2.75, 3.05) is 11.9 Å². The first-order valence-corrected chi connectivity index (χ1v) is 12.3. The van der Waals surface area contributed by atoms with Crippen molar-refractivity contribution in [3.63, 3.8) is 0 Å². The number of primary amides is 1. The molecule has 0 aliphatic heterocycles. The summed E-state index contributed by atoms with van der Waals surface area (Å²) in [5.74, 6) is -1.96. The lowest BCUT2D eigenvalue weighted by Gasteiger charge is -2.34. The molecule has 9 nitrogen and oxygen atoms in total. The lowest BCUT2D eigenvalue weighted by atomic mass is 9.97. The van der Waals surface area contributed by atoms with Gasteiger partial charge >= 0.3 is 6.09 Å². The van der Waals surface area contributed by atoms with E-state index in [0.29, 0.717) is 16.3 Å². The average Bonchev–Trinajstić information content (AvgIpc) is 2.78. The van der Waals surface area contributed by atoms with Crippen molar-refractivity contribution in [1.29, 1.82) is 0 Å². The first-order valence-electron chi connectivity index (χ1n) is 11.9. The zero-order chi connectivity index (χ0) is 27.9. The third kappa shape index (κ3) is 8.21. The molecule has 0 aromatic heterocycles. The number of hydrogen-bond acceptors (Lipinski definition) is 5. The number of anilines is 1. The van der Waals surface area contributed by atoms with Gasteiger partial charge in [0.2, 0.25) is 11.8 Å². The van der Waals surface area contributed by atoms with Crippen LogP contribution in [0.5, 0.6) is 0 Å². The van der Waals surface area contributed by atoms with Crippen molar-refractivity contribution < 1.29 is 23.9 Å². The highest BCUT2D eigenvalue weighted by atomic mass is 35.5. The molecular formula is C27H35ClN4O5. The number of para-hydroxylation sites is 1. The number of benzene rings is 2. The fourth-order valence-corrected chi connectivity index (χ4v) is 4.11. The smallest absolute Gasteiger partial charge is 0.408 e. The van der Waals surface area contributed by atoms with E-state index >= 15 is 0 Å². The van der Waals surface area contributed by atoms with Crippen molar-refractivity contribution in [1.82, 2.24) is 10.2 Å². The predicted octanol–water partition coefficient (Wildman–Crippen LogP) is 4.25. The minimum Gasteiger partial charge on any atom is -0.444 e. The van der Waals surface area contributed by atoms with E-state index in [9.17, 15) is 19.2 Å². The Morgan fingerprint density at radius 1 is 1.03 bits per heavy atom. The second-order valence-electron chi connectivity index (χ2n) is 9.67. The second-order valence-corrected chi connectivity index (χ2v) is 10.1. The van der Waals surface area contributed by atoms with Crippen molar-refractivity contribution in [3.8, 4) is 0 Å². The van der Waals surface area contributed by atoms with E-state index in [-0.39, 0.29) is 6.54 Å². The molecule has 0 spiro atoms. The Hall–Kier alpha value is -3.59. The summed E-state index contributed by atoms with van der Waals surface area (Å²) in [5.41, 5.74) is 7.09. The van der Waals surface area contributed by atoms with Gasteiger partial charge < -0.3 is 26.0 Å². The average molecular weight is 531 g/mol. The van der Waals surface area contributed by atoms with Crippen LogP contribution in [0.3, 0.4) is 0 Å². The second kappa shape index (κ2) is 12.6. The number of aryl methyl sites for hydroxylation is 2. The summed E-state index contributed by atoms with van der Waals surface area (Å²) in [5, 5.41) is 5.65. The SMILES string of the molecule is CCN(C(=O)C(CC(N)=O)NC(=O)OC(C)(C)C)C(C(=O)Nc1c(C)cccc1Cl)c1ccccc1C.